The number of carbonyl (C=O) groups is 2. The molecule has 0 saturated carbocycles. The zero-order chi connectivity index (χ0) is 19.6. The number of carbonyl (C=O) groups excluding carboxylic acids is 2. The van der Waals surface area contributed by atoms with Crippen LogP contribution in [0.5, 0.6) is 0 Å². The summed E-state index contributed by atoms with van der Waals surface area (Å²) in [5.74, 6) is -0.143. The molecule has 3 rings (SSSR count). The Balaban J connectivity index is 1.50. The average Bonchev–Trinajstić information content (AvgIpc) is 2.80. The summed E-state index contributed by atoms with van der Waals surface area (Å²) in [6.07, 6.45) is 4.20. The van der Waals surface area contributed by atoms with E-state index in [2.05, 4.69) is 15.5 Å². The Kier molecular flexibility index (Phi) is 5.84. The fourth-order valence-corrected chi connectivity index (χ4v) is 4.40. The molecule has 3 atom stereocenters. The first-order valence-corrected chi connectivity index (χ1v) is 9.82. The maximum Gasteiger partial charge on any atom is 0.251 e. The van der Waals surface area contributed by atoms with Gasteiger partial charge < -0.3 is 10.6 Å². The molecule has 2 saturated heterocycles. The highest BCUT2D eigenvalue weighted by atomic mass is 19.1. The quantitative estimate of drug-likeness (QED) is 0.832. The van der Waals surface area contributed by atoms with Gasteiger partial charge in [0.05, 0.1) is 6.54 Å². The van der Waals surface area contributed by atoms with Gasteiger partial charge >= 0.3 is 0 Å². The van der Waals surface area contributed by atoms with Crippen molar-refractivity contribution in [1.29, 1.82) is 0 Å². The van der Waals surface area contributed by atoms with Crippen LogP contribution in [-0.4, -0.2) is 47.4 Å². The standard InChI is InChI=1S/C21H30FN3O2/c1-21(2,3)24-19(26)13-25-17-7-8-18(25)10-14(9-17)12-23-20(27)15-5-4-6-16(22)11-15/h4-6,11,14,17-18H,7-10,12-13H2,1-3H3,(H,23,27)(H,24,26)/t14-,17-,18+. The fraction of sp³-hybridized carbons (Fsp3) is 0.619. The Labute approximate surface area is 160 Å². The van der Waals surface area contributed by atoms with Crippen LogP contribution in [0.25, 0.3) is 0 Å². The van der Waals surface area contributed by atoms with E-state index in [1.165, 1.54) is 12.1 Å². The largest absolute Gasteiger partial charge is 0.352 e. The zero-order valence-electron chi connectivity index (χ0n) is 16.4. The number of nitrogens with one attached hydrogen (secondary N) is 2. The van der Waals surface area contributed by atoms with Crippen molar-refractivity contribution in [1.82, 2.24) is 15.5 Å². The number of piperidine rings is 1. The first-order valence-electron chi connectivity index (χ1n) is 9.82. The summed E-state index contributed by atoms with van der Waals surface area (Å²) in [4.78, 5) is 26.8. The highest BCUT2D eigenvalue weighted by Crippen LogP contribution is 2.38. The third-order valence-electron chi connectivity index (χ3n) is 5.46. The van der Waals surface area contributed by atoms with Gasteiger partial charge in [0.15, 0.2) is 0 Å². The van der Waals surface area contributed by atoms with Crippen molar-refractivity contribution in [3.8, 4) is 0 Å². The molecule has 2 aliphatic rings. The molecule has 2 fully saturated rings. The van der Waals surface area contributed by atoms with Crippen LogP contribution in [0.3, 0.4) is 0 Å². The van der Waals surface area contributed by atoms with Crippen LogP contribution in [0.15, 0.2) is 24.3 Å². The molecular weight excluding hydrogens is 345 g/mol. The first-order chi connectivity index (χ1) is 12.7. The van der Waals surface area contributed by atoms with Crippen LogP contribution >= 0.6 is 0 Å². The molecule has 0 aliphatic carbocycles. The fourth-order valence-electron chi connectivity index (χ4n) is 4.40. The molecule has 1 aromatic rings. The molecule has 0 aromatic heterocycles. The van der Waals surface area contributed by atoms with Crippen molar-refractivity contribution >= 4 is 11.8 Å². The maximum atomic E-state index is 13.3. The normalized spacial score (nSPS) is 25.3. The van der Waals surface area contributed by atoms with E-state index >= 15 is 0 Å². The summed E-state index contributed by atoms with van der Waals surface area (Å²) in [5, 5.41) is 5.99. The van der Waals surface area contributed by atoms with Crippen molar-refractivity contribution in [3.63, 3.8) is 0 Å². The van der Waals surface area contributed by atoms with Gasteiger partial charge in [-0.1, -0.05) is 6.07 Å². The number of hydrogen-bond donors (Lipinski definition) is 2. The minimum Gasteiger partial charge on any atom is -0.352 e. The molecule has 6 heteroatoms. The molecular formula is C21H30FN3O2. The molecule has 0 unspecified atom stereocenters. The Bertz CT molecular complexity index is 687. The lowest BCUT2D eigenvalue weighted by molar-refractivity contribution is -0.125. The van der Waals surface area contributed by atoms with Crippen LogP contribution in [0, 0.1) is 11.7 Å². The molecule has 1 aromatic carbocycles. The van der Waals surface area contributed by atoms with E-state index in [-0.39, 0.29) is 17.4 Å². The third kappa shape index (κ3) is 5.28. The van der Waals surface area contributed by atoms with Gasteiger partial charge in [-0.15, -0.1) is 0 Å². The first kappa shape index (κ1) is 19.8. The van der Waals surface area contributed by atoms with E-state index in [4.69, 9.17) is 0 Å². The van der Waals surface area contributed by atoms with Crippen molar-refractivity contribution < 1.29 is 14.0 Å². The van der Waals surface area contributed by atoms with E-state index < -0.39 is 5.82 Å². The van der Waals surface area contributed by atoms with E-state index in [0.29, 0.717) is 36.7 Å². The molecule has 5 nitrogen and oxygen atoms in total. The number of benzene rings is 1. The summed E-state index contributed by atoms with van der Waals surface area (Å²) in [6.45, 7) is 7.03. The lowest BCUT2D eigenvalue weighted by Gasteiger charge is -2.39. The third-order valence-corrected chi connectivity index (χ3v) is 5.46. The minimum atomic E-state index is -0.400. The van der Waals surface area contributed by atoms with Gasteiger partial charge in [-0.25, -0.2) is 4.39 Å². The molecule has 2 N–H and O–H groups in total. The van der Waals surface area contributed by atoms with Crippen LogP contribution in [0.2, 0.25) is 0 Å². The number of fused-ring (bicyclic) bond motifs is 2. The van der Waals surface area contributed by atoms with Crippen LogP contribution in [0.1, 0.15) is 56.8 Å². The molecule has 2 amide bonds. The topological polar surface area (TPSA) is 61.4 Å². The molecule has 2 bridgehead atoms. The Morgan fingerprint density at radius 1 is 1.19 bits per heavy atom. The second kappa shape index (κ2) is 7.97. The van der Waals surface area contributed by atoms with E-state index in [1.54, 1.807) is 12.1 Å². The van der Waals surface area contributed by atoms with Gasteiger partial charge in [0.25, 0.3) is 5.91 Å². The van der Waals surface area contributed by atoms with E-state index in [1.807, 2.05) is 20.8 Å². The molecule has 2 aliphatic heterocycles. The van der Waals surface area contributed by atoms with Crippen molar-refractivity contribution in [2.75, 3.05) is 13.1 Å². The van der Waals surface area contributed by atoms with Gasteiger partial charge in [-0.3, -0.25) is 14.5 Å². The lowest BCUT2D eigenvalue weighted by atomic mass is 9.90. The zero-order valence-corrected chi connectivity index (χ0v) is 16.4. The highest BCUT2D eigenvalue weighted by molar-refractivity contribution is 5.94. The second-order valence-electron chi connectivity index (χ2n) is 8.91. The SMILES string of the molecule is CC(C)(C)NC(=O)CN1[C@@H]2CC[C@H]1C[C@H](CNC(=O)c1cccc(F)c1)C2. The molecule has 0 radical (unpaired) electrons. The monoisotopic (exact) mass is 375 g/mol. The predicted octanol–water partition coefficient (Wildman–Crippen LogP) is 2.71. The van der Waals surface area contributed by atoms with Crippen molar-refractivity contribution in [2.24, 2.45) is 5.92 Å². The second-order valence-corrected chi connectivity index (χ2v) is 8.91. The van der Waals surface area contributed by atoms with E-state index in [0.717, 1.165) is 25.7 Å². The van der Waals surface area contributed by atoms with Gasteiger partial charge in [0.2, 0.25) is 5.91 Å². The van der Waals surface area contributed by atoms with Gasteiger partial charge in [0, 0.05) is 29.7 Å². The van der Waals surface area contributed by atoms with Crippen molar-refractivity contribution in [3.05, 3.63) is 35.6 Å². The Hall–Kier alpha value is -1.95. The number of hydrogen-bond acceptors (Lipinski definition) is 3. The Morgan fingerprint density at radius 3 is 2.44 bits per heavy atom. The molecule has 0 spiro atoms. The van der Waals surface area contributed by atoms with Crippen molar-refractivity contribution in [2.45, 2.75) is 64.1 Å². The van der Waals surface area contributed by atoms with Gasteiger partial charge in [-0.05, 0) is 70.6 Å². The minimum absolute atomic E-state index is 0.0808. The summed E-state index contributed by atoms with van der Waals surface area (Å²) in [7, 11) is 0. The summed E-state index contributed by atoms with van der Waals surface area (Å²) >= 11 is 0. The summed E-state index contributed by atoms with van der Waals surface area (Å²) in [5.41, 5.74) is 0.143. The number of rotatable bonds is 5. The van der Waals surface area contributed by atoms with Crippen LogP contribution in [-0.2, 0) is 4.79 Å². The number of nitrogens with zero attached hydrogens (tertiary/aromatic N) is 1. The molecule has 27 heavy (non-hydrogen) atoms. The summed E-state index contributed by atoms with van der Waals surface area (Å²) in [6, 6.07) is 6.58. The van der Waals surface area contributed by atoms with Crippen LogP contribution < -0.4 is 10.6 Å². The summed E-state index contributed by atoms with van der Waals surface area (Å²) < 4.78 is 13.3. The Morgan fingerprint density at radius 2 is 1.85 bits per heavy atom. The predicted molar refractivity (Wildman–Crippen MR) is 103 cm³/mol. The number of amides is 2. The van der Waals surface area contributed by atoms with Gasteiger partial charge in [-0.2, -0.15) is 0 Å². The smallest absolute Gasteiger partial charge is 0.251 e. The maximum absolute atomic E-state index is 13.3. The van der Waals surface area contributed by atoms with Crippen LogP contribution in [0.4, 0.5) is 4.39 Å². The number of halogens is 1. The van der Waals surface area contributed by atoms with E-state index in [9.17, 15) is 14.0 Å². The highest BCUT2D eigenvalue weighted by Gasteiger charge is 2.41. The molecule has 148 valence electrons. The average molecular weight is 375 g/mol. The lowest BCUT2D eigenvalue weighted by Crippen LogP contribution is -2.52. The molecule has 2 heterocycles. The van der Waals surface area contributed by atoms with Gasteiger partial charge in [0.1, 0.15) is 5.82 Å².